The molecule has 0 aliphatic carbocycles. The van der Waals surface area contributed by atoms with Gasteiger partial charge in [0.05, 0.1) is 16.1 Å². The van der Waals surface area contributed by atoms with Crippen molar-refractivity contribution in [3.8, 4) is 22.8 Å². The number of benzene rings is 2. The Morgan fingerprint density at radius 2 is 1.65 bits per heavy atom. The molecule has 118 valence electrons. The molecule has 0 aliphatic heterocycles. The summed E-state index contributed by atoms with van der Waals surface area (Å²) in [5.74, 6) is 0.321. The lowest BCUT2D eigenvalue weighted by molar-refractivity contribution is -0.137. The average molecular weight is 359 g/mol. The van der Waals surface area contributed by atoms with Crippen molar-refractivity contribution in [2.24, 2.45) is 0 Å². The fourth-order valence-electron chi connectivity index (χ4n) is 1.92. The third kappa shape index (κ3) is 3.33. The monoisotopic (exact) mass is 358 g/mol. The minimum atomic E-state index is -4.39. The summed E-state index contributed by atoms with van der Waals surface area (Å²) in [5, 5.41) is 4.55. The highest BCUT2D eigenvalue weighted by Gasteiger charge is 2.30. The Bertz CT molecular complexity index is 845. The molecule has 0 amide bonds. The van der Waals surface area contributed by atoms with Crippen molar-refractivity contribution >= 4 is 23.2 Å². The number of aromatic nitrogens is 2. The van der Waals surface area contributed by atoms with Gasteiger partial charge in [0.1, 0.15) is 0 Å². The second-order valence-corrected chi connectivity index (χ2v) is 5.47. The molecule has 2 aromatic carbocycles. The Hall–Kier alpha value is -2.05. The van der Waals surface area contributed by atoms with E-state index >= 15 is 0 Å². The molecule has 0 N–H and O–H groups in total. The summed E-state index contributed by atoms with van der Waals surface area (Å²) in [7, 11) is 0. The summed E-state index contributed by atoms with van der Waals surface area (Å²) >= 11 is 11.9. The third-order valence-electron chi connectivity index (χ3n) is 3.06. The maximum absolute atomic E-state index is 12.5. The van der Waals surface area contributed by atoms with Crippen LogP contribution in [0.3, 0.4) is 0 Å². The van der Waals surface area contributed by atoms with Gasteiger partial charge in [0.2, 0.25) is 5.82 Å². The van der Waals surface area contributed by atoms with E-state index in [0.717, 1.165) is 12.1 Å². The van der Waals surface area contributed by atoms with Gasteiger partial charge in [-0.05, 0) is 30.3 Å². The molecule has 3 nitrogen and oxygen atoms in total. The minimum absolute atomic E-state index is 0.154. The second-order valence-electron chi connectivity index (χ2n) is 4.62. The van der Waals surface area contributed by atoms with Gasteiger partial charge in [-0.1, -0.05) is 40.5 Å². The molecule has 0 radical (unpaired) electrons. The molecular weight excluding hydrogens is 352 g/mol. The molecule has 8 heteroatoms. The first-order valence-electron chi connectivity index (χ1n) is 6.31. The van der Waals surface area contributed by atoms with Gasteiger partial charge in [0, 0.05) is 10.6 Å². The maximum Gasteiger partial charge on any atom is 0.416 e. The summed E-state index contributed by atoms with van der Waals surface area (Å²) in [6, 6.07) is 9.24. The first-order chi connectivity index (χ1) is 10.8. The van der Waals surface area contributed by atoms with Crippen LogP contribution in [0.25, 0.3) is 22.8 Å². The highest BCUT2D eigenvalue weighted by Crippen LogP contribution is 2.32. The zero-order valence-electron chi connectivity index (χ0n) is 11.2. The summed E-state index contributed by atoms with van der Waals surface area (Å²) in [5.41, 5.74) is 0.144. The van der Waals surface area contributed by atoms with Crippen LogP contribution >= 0.6 is 23.2 Å². The summed E-state index contributed by atoms with van der Waals surface area (Å²) in [6.07, 6.45) is -4.39. The van der Waals surface area contributed by atoms with E-state index in [1.54, 1.807) is 12.1 Å². The molecule has 0 bridgehead atoms. The molecule has 0 aliphatic rings. The first-order valence-corrected chi connectivity index (χ1v) is 7.07. The summed E-state index contributed by atoms with van der Waals surface area (Å²) in [4.78, 5) is 4.15. The summed E-state index contributed by atoms with van der Waals surface area (Å²) in [6.45, 7) is 0. The van der Waals surface area contributed by atoms with E-state index in [1.807, 2.05) is 0 Å². The van der Waals surface area contributed by atoms with Crippen molar-refractivity contribution in [2.45, 2.75) is 6.18 Å². The fourth-order valence-corrected chi connectivity index (χ4v) is 2.41. The number of hydrogen-bond donors (Lipinski definition) is 0. The van der Waals surface area contributed by atoms with Crippen molar-refractivity contribution in [3.05, 3.63) is 58.1 Å². The van der Waals surface area contributed by atoms with Gasteiger partial charge in [-0.15, -0.1) is 0 Å². The molecule has 0 saturated heterocycles. The average Bonchev–Trinajstić information content (AvgIpc) is 2.96. The third-order valence-corrected chi connectivity index (χ3v) is 3.61. The van der Waals surface area contributed by atoms with E-state index in [0.29, 0.717) is 21.2 Å². The topological polar surface area (TPSA) is 38.9 Å². The first kappa shape index (κ1) is 15.8. The Labute approximate surface area is 138 Å². The lowest BCUT2D eigenvalue weighted by Gasteiger charge is -2.05. The van der Waals surface area contributed by atoms with E-state index in [4.69, 9.17) is 27.7 Å². The Morgan fingerprint density at radius 3 is 2.26 bits per heavy atom. The molecule has 1 aromatic heterocycles. The lowest BCUT2D eigenvalue weighted by atomic mass is 10.1. The molecule has 23 heavy (non-hydrogen) atoms. The lowest BCUT2D eigenvalue weighted by Crippen LogP contribution is -2.04. The number of alkyl halides is 3. The van der Waals surface area contributed by atoms with E-state index < -0.39 is 11.7 Å². The van der Waals surface area contributed by atoms with E-state index in [-0.39, 0.29) is 11.7 Å². The summed E-state index contributed by atoms with van der Waals surface area (Å²) < 4.78 is 42.8. The Kier molecular flexibility index (Phi) is 4.04. The Balaban J connectivity index is 1.93. The predicted molar refractivity (Wildman–Crippen MR) is 80.2 cm³/mol. The maximum atomic E-state index is 12.5. The molecule has 0 spiro atoms. The quantitative estimate of drug-likeness (QED) is 0.587. The molecule has 3 aromatic rings. The smallest absolute Gasteiger partial charge is 0.334 e. The van der Waals surface area contributed by atoms with Crippen LogP contribution in [-0.2, 0) is 6.18 Å². The molecular formula is C15H7Cl2F3N2O. The van der Waals surface area contributed by atoms with Crippen LogP contribution in [0.5, 0.6) is 0 Å². The van der Waals surface area contributed by atoms with Gasteiger partial charge in [-0.2, -0.15) is 18.2 Å². The molecule has 0 saturated carbocycles. The van der Waals surface area contributed by atoms with Crippen molar-refractivity contribution in [1.82, 2.24) is 10.1 Å². The van der Waals surface area contributed by atoms with Gasteiger partial charge >= 0.3 is 6.18 Å². The zero-order valence-corrected chi connectivity index (χ0v) is 12.7. The largest absolute Gasteiger partial charge is 0.416 e. The van der Waals surface area contributed by atoms with Crippen LogP contribution in [0.15, 0.2) is 47.0 Å². The van der Waals surface area contributed by atoms with Crippen molar-refractivity contribution in [2.75, 3.05) is 0 Å². The molecule has 0 unspecified atom stereocenters. The zero-order chi connectivity index (χ0) is 16.6. The predicted octanol–water partition coefficient (Wildman–Crippen LogP) is 5.73. The number of halogens is 5. The van der Waals surface area contributed by atoms with E-state index in [9.17, 15) is 13.2 Å². The van der Waals surface area contributed by atoms with Crippen LogP contribution in [0.1, 0.15) is 5.56 Å². The Morgan fingerprint density at radius 1 is 0.957 bits per heavy atom. The van der Waals surface area contributed by atoms with Crippen molar-refractivity contribution in [1.29, 1.82) is 0 Å². The van der Waals surface area contributed by atoms with Crippen molar-refractivity contribution < 1.29 is 17.7 Å². The molecule has 0 fully saturated rings. The molecule has 1 heterocycles. The van der Waals surface area contributed by atoms with Gasteiger partial charge < -0.3 is 4.52 Å². The standard InChI is InChI=1S/C15H7Cl2F3N2O/c16-10-5-6-11(12(17)7-10)14-21-13(22-23-14)8-1-3-9(4-2-8)15(18,19)20/h1-7H. The van der Waals surface area contributed by atoms with Crippen LogP contribution in [-0.4, -0.2) is 10.1 Å². The van der Waals surface area contributed by atoms with E-state index in [1.165, 1.54) is 18.2 Å². The highest BCUT2D eigenvalue weighted by atomic mass is 35.5. The van der Waals surface area contributed by atoms with Gasteiger partial charge in [0.15, 0.2) is 0 Å². The van der Waals surface area contributed by atoms with Crippen LogP contribution < -0.4 is 0 Å². The highest BCUT2D eigenvalue weighted by molar-refractivity contribution is 6.36. The van der Waals surface area contributed by atoms with Gasteiger partial charge in [0.25, 0.3) is 5.89 Å². The number of nitrogens with zero attached hydrogens (tertiary/aromatic N) is 2. The molecule has 3 rings (SSSR count). The normalized spacial score (nSPS) is 11.7. The van der Waals surface area contributed by atoms with Gasteiger partial charge in [-0.3, -0.25) is 0 Å². The van der Waals surface area contributed by atoms with Crippen molar-refractivity contribution in [3.63, 3.8) is 0 Å². The van der Waals surface area contributed by atoms with Crippen LogP contribution in [0.4, 0.5) is 13.2 Å². The number of rotatable bonds is 2. The SMILES string of the molecule is FC(F)(F)c1ccc(-c2noc(-c3ccc(Cl)cc3Cl)n2)cc1. The van der Waals surface area contributed by atoms with Crippen LogP contribution in [0, 0.1) is 0 Å². The fraction of sp³-hybridized carbons (Fsp3) is 0.0667. The van der Waals surface area contributed by atoms with E-state index in [2.05, 4.69) is 10.1 Å². The molecule has 0 atom stereocenters. The van der Waals surface area contributed by atoms with Gasteiger partial charge in [-0.25, -0.2) is 0 Å². The second kappa shape index (κ2) is 5.86. The number of hydrogen-bond acceptors (Lipinski definition) is 3. The minimum Gasteiger partial charge on any atom is -0.334 e. The van der Waals surface area contributed by atoms with Crippen LogP contribution in [0.2, 0.25) is 10.0 Å².